The highest BCUT2D eigenvalue weighted by atomic mass is 79.9. The maximum Gasteiger partial charge on any atom is 0.244 e. The van der Waals surface area contributed by atoms with Crippen molar-refractivity contribution in [2.75, 3.05) is 0 Å². The van der Waals surface area contributed by atoms with E-state index in [-0.39, 0.29) is 20.9 Å². The average Bonchev–Trinajstić information content (AvgIpc) is 3.07. The van der Waals surface area contributed by atoms with Gasteiger partial charge in [-0.25, -0.2) is 8.42 Å². The molecule has 19 heavy (non-hydrogen) atoms. The van der Waals surface area contributed by atoms with E-state index >= 15 is 0 Å². The molecule has 102 valence electrons. The molecule has 1 saturated carbocycles. The van der Waals surface area contributed by atoms with Gasteiger partial charge < -0.3 is 0 Å². The van der Waals surface area contributed by atoms with Crippen LogP contribution in [-0.2, 0) is 10.0 Å². The molecule has 1 aromatic rings. The highest BCUT2D eigenvalue weighted by Gasteiger charge is 2.35. The van der Waals surface area contributed by atoms with Gasteiger partial charge in [0.15, 0.2) is 0 Å². The maximum absolute atomic E-state index is 12.2. The van der Waals surface area contributed by atoms with E-state index < -0.39 is 16.1 Å². The van der Waals surface area contributed by atoms with E-state index in [0.29, 0.717) is 4.47 Å². The molecule has 1 aliphatic carbocycles. The standard InChI is InChI=1S/C11H9BrCl2N2O2S/c12-7-3-8(13)11(9(14)4-7)19(17,18)16-10(5-15)6-1-2-6/h3-4,6,10,16H,1-2H2. The summed E-state index contributed by atoms with van der Waals surface area (Å²) < 4.78 is 27.4. The lowest BCUT2D eigenvalue weighted by atomic mass is 10.2. The van der Waals surface area contributed by atoms with Gasteiger partial charge in [-0.1, -0.05) is 39.1 Å². The zero-order chi connectivity index (χ0) is 14.2. The molecule has 1 unspecified atom stereocenters. The summed E-state index contributed by atoms with van der Waals surface area (Å²) in [4.78, 5) is -0.195. The molecule has 1 atom stereocenters. The molecule has 0 aliphatic heterocycles. The molecule has 1 aromatic carbocycles. The summed E-state index contributed by atoms with van der Waals surface area (Å²) >= 11 is 15.0. The second kappa shape index (κ2) is 5.58. The Hall–Kier alpha value is -0.320. The maximum atomic E-state index is 12.2. The summed E-state index contributed by atoms with van der Waals surface area (Å²) in [6, 6.07) is 4.11. The topological polar surface area (TPSA) is 70.0 Å². The number of hydrogen-bond donors (Lipinski definition) is 1. The van der Waals surface area contributed by atoms with Gasteiger partial charge >= 0.3 is 0 Å². The Kier molecular flexibility index (Phi) is 4.43. The van der Waals surface area contributed by atoms with Gasteiger partial charge in [0.05, 0.1) is 16.1 Å². The number of nitrogens with one attached hydrogen (secondary N) is 1. The highest BCUT2D eigenvalue weighted by molar-refractivity contribution is 9.10. The van der Waals surface area contributed by atoms with E-state index in [2.05, 4.69) is 20.7 Å². The van der Waals surface area contributed by atoms with Gasteiger partial charge in [0.25, 0.3) is 0 Å². The van der Waals surface area contributed by atoms with Crippen molar-refractivity contribution in [3.05, 3.63) is 26.7 Å². The molecule has 4 nitrogen and oxygen atoms in total. The summed E-state index contributed by atoms with van der Waals surface area (Å²) in [6.45, 7) is 0. The molecule has 0 radical (unpaired) electrons. The third kappa shape index (κ3) is 3.41. The molecule has 1 N–H and O–H groups in total. The fourth-order valence-corrected chi connectivity index (χ4v) is 4.82. The molecular weight excluding hydrogens is 375 g/mol. The van der Waals surface area contributed by atoms with Gasteiger partial charge in [0.2, 0.25) is 10.0 Å². The van der Waals surface area contributed by atoms with Crippen molar-refractivity contribution in [2.24, 2.45) is 5.92 Å². The van der Waals surface area contributed by atoms with Crippen LogP contribution in [0.15, 0.2) is 21.5 Å². The van der Waals surface area contributed by atoms with Crippen LogP contribution in [0.2, 0.25) is 10.0 Å². The second-order valence-electron chi connectivity index (χ2n) is 4.26. The van der Waals surface area contributed by atoms with E-state index in [1.54, 1.807) is 0 Å². The lowest BCUT2D eigenvalue weighted by Gasteiger charge is -2.13. The van der Waals surface area contributed by atoms with Gasteiger partial charge in [-0.2, -0.15) is 9.98 Å². The number of nitrogens with zero attached hydrogens (tertiary/aromatic N) is 1. The molecule has 0 heterocycles. The SMILES string of the molecule is N#CC(NS(=O)(=O)c1c(Cl)cc(Br)cc1Cl)C1CC1. The smallest absolute Gasteiger partial charge is 0.207 e. The van der Waals surface area contributed by atoms with Crippen molar-refractivity contribution in [1.82, 2.24) is 4.72 Å². The van der Waals surface area contributed by atoms with Gasteiger partial charge in [-0.05, 0) is 30.9 Å². The molecule has 0 aromatic heterocycles. The monoisotopic (exact) mass is 382 g/mol. The number of sulfonamides is 1. The van der Waals surface area contributed by atoms with Crippen molar-refractivity contribution < 1.29 is 8.42 Å². The zero-order valence-electron chi connectivity index (χ0n) is 9.53. The molecule has 0 amide bonds. The first-order valence-electron chi connectivity index (χ1n) is 5.41. The minimum absolute atomic E-state index is 0.0133. The highest BCUT2D eigenvalue weighted by Crippen LogP contribution is 2.36. The molecular formula is C11H9BrCl2N2O2S. The van der Waals surface area contributed by atoms with Crippen LogP contribution in [0.25, 0.3) is 0 Å². The molecule has 2 rings (SSSR count). The number of halogens is 3. The van der Waals surface area contributed by atoms with E-state index in [1.165, 1.54) is 12.1 Å². The Morgan fingerprint density at radius 2 is 1.89 bits per heavy atom. The van der Waals surface area contributed by atoms with E-state index in [9.17, 15) is 8.42 Å². The Morgan fingerprint density at radius 3 is 2.32 bits per heavy atom. The number of benzene rings is 1. The largest absolute Gasteiger partial charge is 0.244 e. The van der Waals surface area contributed by atoms with Crippen molar-refractivity contribution in [1.29, 1.82) is 5.26 Å². The van der Waals surface area contributed by atoms with Crippen LogP contribution in [0.3, 0.4) is 0 Å². The summed E-state index contributed by atoms with van der Waals surface area (Å²) in [6.07, 6.45) is 1.70. The normalized spacial score (nSPS) is 16.9. The Balaban J connectivity index is 2.37. The number of nitriles is 1. The van der Waals surface area contributed by atoms with Crippen LogP contribution in [0.4, 0.5) is 0 Å². The van der Waals surface area contributed by atoms with Gasteiger partial charge in [-0.15, -0.1) is 0 Å². The molecule has 0 saturated heterocycles. The van der Waals surface area contributed by atoms with Crippen molar-refractivity contribution in [3.63, 3.8) is 0 Å². The van der Waals surface area contributed by atoms with E-state index in [1.807, 2.05) is 6.07 Å². The summed E-state index contributed by atoms with van der Waals surface area (Å²) in [5.41, 5.74) is 0. The van der Waals surface area contributed by atoms with Crippen molar-refractivity contribution >= 4 is 49.2 Å². The summed E-state index contributed by atoms with van der Waals surface area (Å²) in [5.74, 6) is 0.0766. The minimum Gasteiger partial charge on any atom is -0.207 e. The first-order valence-corrected chi connectivity index (χ1v) is 8.45. The lowest BCUT2D eigenvalue weighted by Crippen LogP contribution is -2.35. The van der Waals surface area contributed by atoms with E-state index in [0.717, 1.165) is 12.8 Å². The molecule has 1 fully saturated rings. The fraction of sp³-hybridized carbons (Fsp3) is 0.364. The molecule has 1 aliphatic rings. The third-order valence-electron chi connectivity index (χ3n) is 2.75. The first kappa shape index (κ1) is 15.1. The van der Waals surface area contributed by atoms with Crippen LogP contribution in [0.5, 0.6) is 0 Å². The quantitative estimate of drug-likeness (QED) is 0.866. The van der Waals surface area contributed by atoms with Gasteiger partial charge in [-0.3, -0.25) is 0 Å². The second-order valence-corrected chi connectivity index (χ2v) is 7.64. The van der Waals surface area contributed by atoms with Crippen LogP contribution in [-0.4, -0.2) is 14.5 Å². The predicted molar refractivity (Wildman–Crippen MR) is 76.6 cm³/mol. The fourth-order valence-electron chi connectivity index (χ4n) is 1.67. The van der Waals surface area contributed by atoms with Crippen molar-refractivity contribution in [2.45, 2.75) is 23.8 Å². The molecule has 8 heteroatoms. The Labute approximate surface area is 129 Å². The lowest BCUT2D eigenvalue weighted by molar-refractivity contribution is 0.560. The predicted octanol–water partition coefficient (Wildman–Crippen LogP) is 3.34. The summed E-state index contributed by atoms with van der Waals surface area (Å²) in [5, 5.41) is 9.01. The summed E-state index contributed by atoms with van der Waals surface area (Å²) in [7, 11) is -3.91. The minimum atomic E-state index is -3.91. The average molecular weight is 384 g/mol. The van der Waals surface area contributed by atoms with Crippen molar-refractivity contribution in [3.8, 4) is 6.07 Å². The van der Waals surface area contributed by atoms with Gasteiger partial charge in [0.1, 0.15) is 10.9 Å². The van der Waals surface area contributed by atoms with E-state index in [4.69, 9.17) is 28.5 Å². The number of hydrogen-bond acceptors (Lipinski definition) is 3. The van der Waals surface area contributed by atoms with Crippen LogP contribution < -0.4 is 4.72 Å². The zero-order valence-corrected chi connectivity index (χ0v) is 13.4. The van der Waals surface area contributed by atoms with Gasteiger partial charge in [0, 0.05) is 4.47 Å². The number of rotatable bonds is 4. The molecule has 0 bridgehead atoms. The van der Waals surface area contributed by atoms with Crippen LogP contribution in [0.1, 0.15) is 12.8 Å². The Bertz CT molecular complexity index is 630. The Morgan fingerprint density at radius 1 is 1.37 bits per heavy atom. The first-order chi connectivity index (χ1) is 8.85. The van der Waals surface area contributed by atoms with Crippen LogP contribution >= 0.6 is 39.1 Å². The van der Waals surface area contributed by atoms with Crippen LogP contribution in [0, 0.1) is 17.2 Å². The molecule has 0 spiro atoms. The third-order valence-corrected chi connectivity index (χ3v) is 5.57.